The van der Waals surface area contributed by atoms with Gasteiger partial charge in [-0.25, -0.2) is 14.8 Å². The van der Waals surface area contributed by atoms with E-state index in [1.807, 2.05) is 30.6 Å². The fourth-order valence-electron chi connectivity index (χ4n) is 3.11. The van der Waals surface area contributed by atoms with E-state index in [2.05, 4.69) is 19.9 Å². The van der Waals surface area contributed by atoms with Crippen molar-refractivity contribution in [2.75, 3.05) is 5.32 Å². The molecule has 0 amide bonds. The first-order valence-corrected chi connectivity index (χ1v) is 8.35. The van der Waals surface area contributed by atoms with E-state index in [9.17, 15) is 4.79 Å². The highest BCUT2D eigenvalue weighted by Crippen LogP contribution is 2.32. The molecule has 0 radical (unpaired) electrons. The lowest BCUT2D eigenvalue weighted by atomic mass is 10.2. The lowest BCUT2D eigenvalue weighted by Crippen LogP contribution is -2.08. The molecule has 126 valence electrons. The fourth-order valence-corrected chi connectivity index (χ4v) is 3.11. The van der Waals surface area contributed by atoms with Crippen molar-refractivity contribution in [3.05, 3.63) is 47.3 Å². The van der Waals surface area contributed by atoms with Gasteiger partial charge in [-0.15, -0.1) is 0 Å². The zero-order valence-corrected chi connectivity index (χ0v) is 13.8. The second kappa shape index (κ2) is 5.20. The number of benzene rings is 1. The number of nitrogens with zero attached hydrogens (tertiary/aromatic N) is 4. The van der Waals surface area contributed by atoms with Crippen LogP contribution in [0.5, 0.6) is 0 Å². The van der Waals surface area contributed by atoms with Gasteiger partial charge < -0.3 is 14.3 Å². The van der Waals surface area contributed by atoms with Crippen LogP contribution in [0.1, 0.15) is 12.8 Å². The Morgan fingerprint density at radius 1 is 1.24 bits per heavy atom. The molecule has 0 bridgehead atoms. The number of pyridine rings is 1. The van der Waals surface area contributed by atoms with Crippen molar-refractivity contribution in [3.63, 3.8) is 0 Å². The standard InChI is InChI=1S/C18H17N5O2/c1-22-14-5-4-12(6-16(14)25-18(22)24)21-17-7-15-13(8-19-17)20-10-23(15)9-11-2-3-11/h4-8,10-11H,2-3,9H2,1H3,(H,19,21). The summed E-state index contributed by atoms with van der Waals surface area (Å²) in [5.41, 5.74) is 4.12. The summed E-state index contributed by atoms with van der Waals surface area (Å²) in [5, 5.41) is 3.28. The van der Waals surface area contributed by atoms with Crippen molar-refractivity contribution < 1.29 is 4.42 Å². The normalized spacial score (nSPS) is 14.4. The van der Waals surface area contributed by atoms with Crippen LogP contribution in [-0.4, -0.2) is 19.1 Å². The average molecular weight is 335 g/mol. The zero-order valence-electron chi connectivity index (χ0n) is 13.8. The van der Waals surface area contributed by atoms with E-state index < -0.39 is 0 Å². The highest BCUT2D eigenvalue weighted by atomic mass is 16.4. The van der Waals surface area contributed by atoms with Crippen LogP contribution in [0.3, 0.4) is 0 Å². The number of aryl methyl sites for hydroxylation is 1. The van der Waals surface area contributed by atoms with Crippen molar-refractivity contribution >= 4 is 33.6 Å². The van der Waals surface area contributed by atoms with Crippen molar-refractivity contribution in [2.45, 2.75) is 19.4 Å². The molecule has 1 saturated carbocycles. The van der Waals surface area contributed by atoms with Gasteiger partial charge >= 0.3 is 5.76 Å². The molecule has 7 nitrogen and oxygen atoms in total. The highest BCUT2D eigenvalue weighted by molar-refractivity contribution is 5.81. The maximum atomic E-state index is 11.6. The van der Waals surface area contributed by atoms with Gasteiger partial charge in [0.2, 0.25) is 0 Å². The molecule has 0 unspecified atom stereocenters. The van der Waals surface area contributed by atoms with Gasteiger partial charge in [-0.1, -0.05) is 0 Å². The van der Waals surface area contributed by atoms with Gasteiger partial charge in [0.05, 0.1) is 23.6 Å². The Morgan fingerprint density at radius 3 is 2.96 bits per heavy atom. The summed E-state index contributed by atoms with van der Waals surface area (Å²) in [6.07, 6.45) is 6.28. The lowest BCUT2D eigenvalue weighted by molar-refractivity contribution is 0.528. The minimum atomic E-state index is -0.365. The molecule has 3 aromatic heterocycles. The third-order valence-corrected chi connectivity index (χ3v) is 4.72. The van der Waals surface area contributed by atoms with Gasteiger partial charge in [-0.3, -0.25) is 4.57 Å². The number of anilines is 2. The summed E-state index contributed by atoms with van der Waals surface area (Å²) in [5.74, 6) is 1.16. The topological polar surface area (TPSA) is 77.9 Å². The number of aromatic nitrogens is 4. The Hall–Kier alpha value is -3.09. The molecule has 25 heavy (non-hydrogen) atoms. The van der Waals surface area contributed by atoms with Crippen molar-refractivity contribution in [3.8, 4) is 0 Å². The Bertz CT molecular complexity index is 1150. The third kappa shape index (κ3) is 2.48. The molecular formula is C18H17N5O2. The van der Waals surface area contributed by atoms with Gasteiger partial charge in [0, 0.05) is 31.4 Å². The summed E-state index contributed by atoms with van der Waals surface area (Å²) in [4.78, 5) is 20.5. The molecule has 0 spiro atoms. The van der Waals surface area contributed by atoms with Crippen LogP contribution in [0.15, 0.2) is 46.0 Å². The molecule has 0 atom stereocenters. The number of hydrogen-bond acceptors (Lipinski definition) is 5. The van der Waals surface area contributed by atoms with Gasteiger partial charge in [0.25, 0.3) is 0 Å². The molecule has 0 saturated heterocycles. The second-order valence-electron chi connectivity index (χ2n) is 6.63. The van der Waals surface area contributed by atoms with Gasteiger partial charge in [-0.05, 0) is 30.9 Å². The van der Waals surface area contributed by atoms with E-state index in [0.29, 0.717) is 5.58 Å². The zero-order chi connectivity index (χ0) is 17.0. The monoisotopic (exact) mass is 335 g/mol. The van der Waals surface area contributed by atoms with Crippen molar-refractivity contribution in [1.29, 1.82) is 0 Å². The fraction of sp³-hybridized carbons (Fsp3) is 0.278. The van der Waals surface area contributed by atoms with E-state index in [1.54, 1.807) is 13.2 Å². The van der Waals surface area contributed by atoms with Crippen molar-refractivity contribution in [2.24, 2.45) is 13.0 Å². The number of imidazole rings is 1. The predicted octanol–water partition coefficient (Wildman–Crippen LogP) is 3.03. The molecule has 1 aliphatic carbocycles. The smallest absolute Gasteiger partial charge is 0.408 e. The van der Waals surface area contributed by atoms with Crippen LogP contribution >= 0.6 is 0 Å². The third-order valence-electron chi connectivity index (χ3n) is 4.72. The van der Waals surface area contributed by atoms with Gasteiger partial charge in [-0.2, -0.15) is 0 Å². The molecule has 1 aliphatic rings. The summed E-state index contributed by atoms with van der Waals surface area (Å²) in [6, 6.07) is 7.59. The van der Waals surface area contributed by atoms with Crippen LogP contribution < -0.4 is 11.1 Å². The Labute approximate surface area is 142 Å². The van der Waals surface area contributed by atoms with E-state index in [-0.39, 0.29) is 5.76 Å². The van der Waals surface area contributed by atoms with E-state index in [1.165, 1.54) is 17.4 Å². The number of rotatable bonds is 4. The van der Waals surface area contributed by atoms with E-state index >= 15 is 0 Å². The number of oxazole rings is 1. The van der Waals surface area contributed by atoms with Crippen LogP contribution in [0, 0.1) is 5.92 Å². The summed E-state index contributed by atoms with van der Waals surface area (Å²) >= 11 is 0. The number of fused-ring (bicyclic) bond motifs is 2. The predicted molar refractivity (Wildman–Crippen MR) is 95.0 cm³/mol. The molecule has 1 aromatic carbocycles. The molecule has 1 N–H and O–H groups in total. The first-order valence-electron chi connectivity index (χ1n) is 8.35. The lowest BCUT2D eigenvalue weighted by Gasteiger charge is -2.07. The van der Waals surface area contributed by atoms with E-state index in [0.717, 1.165) is 40.5 Å². The van der Waals surface area contributed by atoms with Gasteiger partial charge in [0.1, 0.15) is 11.3 Å². The van der Waals surface area contributed by atoms with Gasteiger partial charge in [0.15, 0.2) is 5.58 Å². The minimum Gasteiger partial charge on any atom is -0.408 e. The van der Waals surface area contributed by atoms with Crippen LogP contribution in [0.25, 0.3) is 22.1 Å². The molecule has 7 heteroatoms. The summed E-state index contributed by atoms with van der Waals surface area (Å²) in [6.45, 7) is 1.01. The highest BCUT2D eigenvalue weighted by Gasteiger charge is 2.22. The Balaban J connectivity index is 1.49. The molecular weight excluding hydrogens is 318 g/mol. The molecule has 0 aliphatic heterocycles. The summed E-state index contributed by atoms with van der Waals surface area (Å²) < 4.78 is 8.92. The molecule has 3 heterocycles. The molecule has 1 fully saturated rings. The number of nitrogens with one attached hydrogen (secondary N) is 1. The quantitative estimate of drug-likeness (QED) is 0.620. The molecule has 5 rings (SSSR count). The first-order chi connectivity index (χ1) is 12.2. The Kier molecular flexibility index (Phi) is 2.97. The SMILES string of the molecule is Cn1c(=O)oc2cc(Nc3cc4c(cn3)ncn4CC3CC3)ccc21. The van der Waals surface area contributed by atoms with Crippen LogP contribution in [-0.2, 0) is 13.6 Å². The maximum absolute atomic E-state index is 11.6. The van der Waals surface area contributed by atoms with Crippen molar-refractivity contribution in [1.82, 2.24) is 19.1 Å². The Morgan fingerprint density at radius 2 is 2.12 bits per heavy atom. The largest absolute Gasteiger partial charge is 0.419 e. The second-order valence-corrected chi connectivity index (χ2v) is 6.63. The molecule has 4 aromatic rings. The first kappa shape index (κ1) is 14.3. The minimum absolute atomic E-state index is 0.365. The van der Waals surface area contributed by atoms with Crippen LogP contribution in [0.2, 0.25) is 0 Å². The van der Waals surface area contributed by atoms with Crippen LogP contribution in [0.4, 0.5) is 11.5 Å². The number of hydrogen-bond donors (Lipinski definition) is 1. The summed E-state index contributed by atoms with van der Waals surface area (Å²) in [7, 11) is 1.69. The average Bonchev–Trinajstić information content (AvgIpc) is 3.27. The maximum Gasteiger partial charge on any atom is 0.419 e. The van der Waals surface area contributed by atoms with E-state index in [4.69, 9.17) is 4.42 Å².